The zero-order valence-corrected chi connectivity index (χ0v) is 9.63. The minimum Gasteiger partial charge on any atom is -0.508 e. The molecule has 0 fully saturated rings. The standard InChI is InChI=1S/C13H13F3O2/c14-13(15,16)18-12-8-10(17)6-7-11(12)9-4-2-1-3-5-9/h4,6-8,17H,1-3,5H2. The van der Waals surface area contributed by atoms with E-state index in [9.17, 15) is 18.3 Å². The summed E-state index contributed by atoms with van der Waals surface area (Å²) in [6, 6.07) is 3.83. The molecular weight excluding hydrogens is 245 g/mol. The second-order valence-corrected chi connectivity index (χ2v) is 4.20. The Morgan fingerprint density at radius 3 is 2.56 bits per heavy atom. The van der Waals surface area contributed by atoms with Gasteiger partial charge in [-0.2, -0.15) is 0 Å². The Labute approximate surface area is 103 Å². The van der Waals surface area contributed by atoms with E-state index in [0.29, 0.717) is 5.56 Å². The average Bonchev–Trinajstić information content (AvgIpc) is 2.28. The van der Waals surface area contributed by atoms with Crippen molar-refractivity contribution in [2.75, 3.05) is 0 Å². The maximum atomic E-state index is 12.3. The predicted molar refractivity (Wildman–Crippen MR) is 61.2 cm³/mol. The average molecular weight is 258 g/mol. The first kappa shape index (κ1) is 12.8. The molecule has 0 saturated carbocycles. The van der Waals surface area contributed by atoms with E-state index in [1.165, 1.54) is 12.1 Å². The fourth-order valence-electron chi connectivity index (χ4n) is 2.07. The molecule has 2 nitrogen and oxygen atoms in total. The van der Waals surface area contributed by atoms with Gasteiger partial charge < -0.3 is 9.84 Å². The van der Waals surface area contributed by atoms with Crippen molar-refractivity contribution in [3.05, 3.63) is 29.8 Å². The third kappa shape index (κ3) is 3.18. The topological polar surface area (TPSA) is 29.5 Å². The van der Waals surface area contributed by atoms with Gasteiger partial charge in [-0.1, -0.05) is 6.08 Å². The van der Waals surface area contributed by atoms with Gasteiger partial charge in [0.15, 0.2) is 0 Å². The molecule has 98 valence electrons. The Kier molecular flexibility index (Phi) is 3.50. The van der Waals surface area contributed by atoms with Crippen molar-refractivity contribution in [1.29, 1.82) is 0 Å². The SMILES string of the molecule is Oc1ccc(C2=CCCCC2)c(OC(F)(F)F)c1. The number of hydrogen-bond acceptors (Lipinski definition) is 2. The van der Waals surface area contributed by atoms with Crippen molar-refractivity contribution in [2.45, 2.75) is 32.0 Å². The van der Waals surface area contributed by atoms with E-state index in [4.69, 9.17) is 0 Å². The van der Waals surface area contributed by atoms with Gasteiger partial charge in [0.25, 0.3) is 0 Å². The lowest BCUT2D eigenvalue weighted by Gasteiger charge is -2.18. The molecule has 0 aromatic heterocycles. The van der Waals surface area contributed by atoms with Crippen molar-refractivity contribution < 1.29 is 23.0 Å². The molecule has 0 radical (unpaired) electrons. The molecule has 1 N–H and O–H groups in total. The van der Waals surface area contributed by atoms with Crippen LogP contribution >= 0.6 is 0 Å². The summed E-state index contributed by atoms with van der Waals surface area (Å²) in [5, 5.41) is 9.27. The fourth-order valence-corrected chi connectivity index (χ4v) is 2.07. The first-order chi connectivity index (χ1) is 8.46. The van der Waals surface area contributed by atoms with E-state index in [2.05, 4.69) is 4.74 Å². The summed E-state index contributed by atoms with van der Waals surface area (Å²) in [6.07, 6.45) is 0.784. The van der Waals surface area contributed by atoms with Crippen LogP contribution in [0.25, 0.3) is 5.57 Å². The zero-order valence-electron chi connectivity index (χ0n) is 9.63. The molecule has 1 aliphatic carbocycles. The van der Waals surface area contributed by atoms with E-state index in [1.54, 1.807) is 0 Å². The number of ether oxygens (including phenoxy) is 1. The Hall–Kier alpha value is -1.65. The lowest BCUT2D eigenvalue weighted by atomic mass is 9.93. The zero-order chi connectivity index (χ0) is 13.2. The van der Waals surface area contributed by atoms with Crippen LogP contribution in [0.3, 0.4) is 0 Å². The van der Waals surface area contributed by atoms with Crippen LogP contribution in [-0.4, -0.2) is 11.5 Å². The maximum absolute atomic E-state index is 12.3. The van der Waals surface area contributed by atoms with Crippen LogP contribution in [0.5, 0.6) is 11.5 Å². The molecule has 0 amide bonds. The van der Waals surface area contributed by atoms with E-state index >= 15 is 0 Å². The molecule has 0 bridgehead atoms. The molecule has 1 aliphatic rings. The molecule has 0 aliphatic heterocycles. The highest BCUT2D eigenvalue weighted by Crippen LogP contribution is 2.37. The quantitative estimate of drug-likeness (QED) is 0.859. The summed E-state index contributed by atoms with van der Waals surface area (Å²) in [4.78, 5) is 0. The predicted octanol–water partition coefficient (Wildman–Crippen LogP) is 4.25. The van der Waals surface area contributed by atoms with Crippen LogP contribution in [0, 0.1) is 0 Å². The van der Waals surface area contributed by atoms with Crippen molar-refractivity contribution in [2.24, 2.45) is 0 Å². The molecule has 18 heavy (non-hydrogen) atoms. The van der Waals surface area contributed by atoms with Crippen LogP contribution in [0.2, 0.25) is 0 Å². The van der Waals surface area contributed by atoms with Gasteiger partial charge >= 0.3 is 6.36 Å². The highest BCUT2D eigenvalue weighted by molar-refractivity contribution is 5.71. The van der Waals surface area contributed by atoms with Crippen LogP contribution in [-0.2, 0) is 0 Å². The number of benzene rings is 1. The molecule has 0 atom stereocenters. The number of rotatable bonds is 2. The smallest absolute Gasteiger partial charge is 0.508 e. The number of halogens is 3. The Balaban J connectivity index is 2.37. The monoisotopic (exact) mass is 258 g/mol. The van der Waals surface area contributed by atoms with Gasteiger partial charge in [-0.3, -0.25) is 0 Å². The van der Waals surface area contributed by atoms with Gasteiger partial charge in [-0.15, -0.1) is 13.2 Å². The molecule has 0 unspecified atom stereocenters. The first-order valence-corrected chi connectivity index (χ1v) is 5.74. The van der Waals surface area contributed by atoms with Crippen molar-refractivity contribution >= 4 is 5.57 Å². The molecule has 5 heteroatoms. The van der Waals surface area contributed by atoms with Crippen molar-refractivity contribution in [3.63, 3.8) is 0 Å². The number of aromatic hydroxyl groups is 1. The minimum absolute atomic E-state index is 0.241. The van der Waals surface area contributed by atoms with Gasteiger partial charge in [-0.05, 0) is 43.4 Å². The van der Waals surface area contributed by atoms with E-state index in [0.717, 1.165) is 37.3 Å². The van der Waals surface area contributed by atoms with Crippen LogP contribution in [0.15, 0.2) is 24.3 Å². The third-order valence-electron chi connectivity index (χ3n) is 2.83. The van der Waals surface area contributed by atoms with Gasteiger partial charge in [0.05, 0.1) is 0 Å². The second-order valence-electron chi connectivity index (χ2n) is 4.20. The largest absolute Gasteiger partial charge is 0.573 e. The number of hydrogen-bond donors (Lipinski definition) is 1. The number of phenolic OH excluding ortho intramolecular Hbond substituents is 1. The second kappa shape index (κ2) is 4.92. The van der Waals surface area contributed by atoms with Gasteiger partial charge in [0.2, 0.25) is 0 Å². The van der Waals surface area contributed by atoms with Crippen molar-refractivity contribution in [1.82, 2.24) is 0 Å². The lowest BCUT2D eigenvalue weighted by Crippen LogP contribution is -2.18. The third-order valence-corrected chi connectivity index (χ3v) is 2.83. The molecule has 0 saturated heterocycles. The summed E-state index contributed by atoms with van der Waals surface area (Å²) < 4.78 is 40.9. The number of phenols is 1. The highest BCUT2D eigenvalue weighted by atomic mass is 19.4. The van der Waals surface area contributed by atoms with Gasteiger partial charge in [0.1, 0.15) is 11.5 Å². The molecule has 1 aromatic carbocycles. The minimum atomic E-state index is -4.75. The summed E-state index contributed by atoms with van der Waals surface area (Å²) >= 11 is 0. The normalized spacial score (nSPS) is 16.3. The molecule has 1 aromatic rings. The lowest BCUT2D eigenvalue weighted by molar-refractivity contribution is -0.274. The van der Waals surface area contributed by atoms with Crippen molar-refractivity contribution in [3.8, 4) is 11.5 Å². The maximum Gasteiger partial charge on any atom is 0.573 e. The number of alkyl halides is 3. The summed E-state index contributed by atoms with van der Waals surface area (Å²) in [5.74, 6) is -0.579. The first-order valence-electron chi connectivity index (χ1n) is 5.74. The Bertz CT molecular complexity index is 464. The van der Waals surface area contributed by atoms with E-state index < -0.39 is 6.36 Å². The number of allylic oxidation sites excluding steroid dienone is 2. The summed E-state index contributed by atoms with van der Waals surface area (Å²) in [5.41, 5.74) is 1.25. The molecule has 0 spiro atoms. The Morgan fingerprint density at radius 1 is 1.17 bits per heavy atom. The van der Waals surface area contributed by atoms with E-state index in [-0.39, 0.29) is 11.5 Å². The van der Waals surface area contributed by atoms with E-state index in [1.807, 2.05) is 6.08 Å². The Morgan fingerprint density at radius 2 is 1.94 bits per heavy atom. The molecule has 2 rings (SSSR count). The molecular formula is C13H13F3O2. The summed E-state index contributed by atoms with van der Waals surface area (Å²) in [6.45, 7) is 0. The summed E-state index contributed by atoms with van der Waals surface area (Å²) in [7, 11) is 0. The fraction of sp³-hybridized carbons (Fsp3) is 0.385. The van der Waals surface area contributed by atoms with Gasteiger partial charge in [-0.25, -0.2) is 0 Å². The van der Waals surface area contributed by atoms with Gasteiger partial charge in [0, 0.05) is 11.6 Å². The highest BCUT2D eigenvalue weighted by Gasteiger charge is 2.32. The van der Waals surface area contributed by atoms with Crippen LogP contribution in [0.4, 0.5) is 13.2 Å². The molecule has 0 heterocycles. The van der Waals surface area contributed by atoms with Crippen LogP contribution in [0.1, 0.15) is 31.2 Å². The van der Waals surface area contributed by atoms with Crippen LogP contribution < -0.4 is 4.74 Å².